The van der Waals surface area contributed by atoms with E-state index < -0.39 is 11.8 Å². The summed E-state index contributed by atoms with van der Waals surface area (Å²) in [5, 5.41) is 5.32. The number of rotatable bonds is 5. The number of imidazole rings is 1. The first kappa shape index (κ1) is 18.9. The van der Waals surface area contributed by atoms with E-state index in [0.717, 1.165) is 29.8 Å². The van der Waals surface area contributed by atoms with Crippen molar-refractivity contribution >= 4 is 38.8 Å². The molecule has 1 aliphatic carbocycles. The number of urea groups is 1. The van der Waals surface area contributed by atoms with Crippen molar-refractivity contribution in [2.45, 2.75) is 38.1 Å². The Hall–Kier alpha value is -2.48. The van der Waals surface area contributed by atoms with Gasteiger partial charge in [-0.25, -0.2) is 19.2 Å². The Morgan fingerprint density at radius 1 is 1.29 bits per heavy atom. The van der Waals surface area contributed by atoms with Crippen LogP contribution in [0.15, 0.2) is 41.0 Å². The molecular formula is C20H21BrFN5O. The summed E-state index contributed by atoms with van der Waals surface area (Å²) in [4.78, 5) is 21.4. The molecule has 2 heterocycles. The molecule has 0 bridgehead atoms. The van der Waals surface area contributed by atoms with E-state index in [9.17, 15) is 9.18 Å². The molecule has 0 aliphatic heterocycles. The van der Waals surface area contributed by atoms with Crippen molar-refractivity contribution in [2.24, 2.45) is 0 Å². The van der Waals surface area contributed by atoms with E-state index in [0.29, 0.717) is 23.5 Å². The van der Waals surface area contributed by atoms with Crippen molar-refractivity contribution in [2.75, 3.05) is 11.9 Å². The highest BCUT2D eigenvalue weighted by atomic mass is 79.9. The molecule has 0 saturated heterocycles. The number of amides is 2. The molecular weight excluding hydrogens is 425 g/mol. The van der Waals surface area contributed by atoms with Crippen LogP contribution in [0, 0.1) is 5.82 Å². The Morgan fingerprint density at radius 3 is 2.89 bits per heavy atom. The molecule has 2 aromatic heterocycles. The zero-order valence-electron chi connectivity index (χ0n) is 15.3. The summed E-state index contributed by atoms with van der Waals surface area (Å²) >= 11 is 3.20. The molecule has 6 nitrogen and oxygen atoms in total. The second kappa shape index (κ2) is 8.26. The number of nitrogens with one attached hydrogen (secondary N) is 2. The van der Waals surface area contributed by atoms with Gasteiger partial charge in [0.15, 0.2) is 5.65 Å². The van der Waals surface area contributed by atoms with Crippen molar-refractivity contribution in [3.8, 4) is 0 Å². The SMILES string of the molecule is O=C(NCCc1nc2cccnc2n1C1CCCC1)Nc1ccc(Br)cc1F. The summed E-state index contributed by atoms with van der Waals surface area (Å²) < 4.78 is 16.7. The highest BCUT2D eigenvalue weighted by Gasteiger charge is 2.23. The zero-order valence-corrected chi connectivity index (χ0v) is 16.9. The van der Waals surface area contributed by atoms with Crippen molar-refractivity contribution < 1.29 is 9.18 Å². The lowest BCUT2D eigenvalue weighted by Gasteiger charge is -2.16. The normalized spacial score (nSPS) is 14.5. The molecule has 0 spiro atoms. The highest BCUT2D eigenvalue weighted by Crippen LogP contribution is 2.33. The predicted molar refractivity (Wildman–Crippen MR) is 110 cm³/mol. The molecule has 2 N–H and O–H groups in total. The maximum Gasteiger partial charge on any atom is 0.319 e. The van der Waals surface area contributed by atoms with Gasteiger partial charge in [0.05, 0.1) is 5.69 Å². The van der Waals surface area contributed by atoms with Crippen LogP contribution in [0.2, 0.25) is 0 Å². The minimum Gasteiger partial charge on any atom is -0.337 e. The first-order valence-corrected chi connectivity index (χ1v) is 10.2. The Balaban J connectivity index is 1.42. The molecule has 1 saturated carbocycles. The van der Waals surface area contributed by atoms with Crippen molar-refractivity contribution in [1.29, 1.82) is 0 Å². The number of hydrogen-bond donors (Lipinski definition) is 2. The zero-order chi connectivity index (χ0) is 19.5. The van der Waals surface area contributed by atoms with E-state index in [2.05, 4.69) is 36.1 Å². The number of carbonyl (C=O) groups excluding carboxylic acids is 1. The smallest absolute Gasteiger partial charge is 0.319 e. The number of aromatic nitrogens is 3. The minimum absolute atomic E-state index is 0.142. The Morgan fingerprint density at radius 2 is 2.11 bits per heavy atom. The molecule has 3 aromatic rings. The molecule has 1 aliphatic rings. The number of pyridine rings is 1. The summed E-state index contributed by atoms with van der Waals surface area (Å²) in [5.74, 6) is 0.439. The van der Waals surface area contributed by atoms with E-state index in [1.807, 2.05) is 12.1 Å². The lowest BCUT2D eigenvalue weighted by molar-refractivity contribution is 0.252. The second-order valence-corrected chi connectivity index (χ2v) is 7.85. The third kappa shape index (κ3) is 4.01. The quantitative estimate of drug-likeness (QED) is 0.591. The molecule has 0 radical (unpaired) electrons. The average molecular weight is 446 g/mol. The fourth-order valence-corrected chi connectivity index (χ4v) is 4.08. The Bertz CT molecular complexity index is 999. The van der Waals surface area contributed by atoms with Crippen LogP contribution in [0.4, 0.5) is 14.9 Å². The van der Waals surface area contributed by atoms with Gasteiger partial charge in [-0.3, -0.25) is 0 Å². The van der Waals surface area contributed by atoms with E-state index >= 15 is 0 Å². The third-order valence-corrected chi connectivity index (χ3v) is 5.52. The fraction of sp³-hybridized carbons (Fsp3) is 0.350. The summed E-state index contributed by atoms with van der Waals surface area (Å²) in [5.41, 5.74) is 1.93. The number of hydrogen-bond acceptors (Lipinski definition) is 3. The lowest BCUT2D eigenvalue weighted by atomic mass is 10.2. The molecule has 2 amide bonds. The topological polar surface area (TPSA) is 71.8 Å². The predicted octanol–water partition coefficient (Wildman–Crippen LogP) is 4.81. The molecule has 1 fully saturated rings. The van der Waals surface area contributed by atoms with Gasteiger partial charge < -0.3 is 15.2 Å². The van der Waals surface area contributed by atoms with Crippen LogP contribution < -0.4 is 10.6 Å². The van der Waals surface area contributed by atoms with Gasteiger partial charge in [-0.15, -0.1) is 0 Å². The standard InChI is InChI=1S/C20H21BrFN5O/c21-13-7-8-16(15(22)12-13)26-20(28)24-11-9-18-25-17-6-3-10-23-19(17)27(18)14-4-1-2-5-14/h3,6-8,10,12,14H,1-2,4-5,9,11H2,(H2,24,26,28). The van der Waals surface area contributed by atoms with E-state index in [4.69, 9.17) is 4.98 Å². The van der Waals surface area contributed by atoms with Crippen molar-refractivity contribution in [3.05, 3.63) is 52.6 Å². The largest absolute Gasteiger partial charge is 0.337 e. The lowest BCUT2D eigenvalue weighted by Crippen LogP contribution is -2.31. The number of halogens is 2. The molecule has 1 aromatic carbocycles. The van der Waals surface area contributed by atoms with Crippen LogP contribution in [0.5, 0.6) is 0 Å². The average Bonchev–Trinajstić information content (AvgIpc) is 3.31. The van der Waals surface area contributed by atoms with Crippen LogP contribution in [0.1, 0.15) is 37.5 Å². The Kier molecular flexibility index (Phi) is 5.57. The first-order chi connectivity index (χ1) is 13.6. The number of fused-ring (bicyclic) bond motifs is 1. The van der Waals surface area contributed by atoms with Gasteiger partial charge in [-0.1, -0.05) is 28.8 Å². The number of nitrogens with zero attached hydrogens (tertiary/aromatic N) is 3. The maximum absolute atomic E-state index is 13.8. The van der Waals surface area contributed by atoms with Crippen LogP contribution in [0.3, 0.4) is 0 Å². The summed E-state index contributed by atoms with van der Waals surface area (Å²) in [7, 11) is 0. The summed E-state index contributed by atoms with van der Waals surface area (Å²) in [6.45, 7) is 0.403. The van der Waals surface area contributed by atoms with Crippen LogP contribution in [-0.4, -0.2) is 27.1 Å². The molecule has 0 unspecified atom stereocenters. The highest BCUT2D eigenvalue weighted by molar-refractivity contribution is 9.10. The summed E-state index contributed by atoms with van der Waals surface area (Å²) in [6.07, 6.45) is 7.07. The summed E-state index contributed by atoms with van der Waals surface area (Å²) in [6, 6.07) is 8.33. The molecule has 8 heteroatoms. The third-order valence-electron chi connectivity index (χ3n) is 5.03. The number of carbonyl (C=O) groups is 1. The van der Waals surface area contributed by atoms with Crippen LogP contribution in [0.25, 0.3) is 11.2 Å². The van der Waals surface area contributed by atoms with Gasteiger partial charge in [0.1, 0.15) is 17.2 Å². The number of benzene rings is 1. The van der Waals surface area contributed by atoms with Gasteiger partial charge in [-0.2, -0.15) is 0 Å². The minimum atomic E-state index is -0.487. The van der Waals surface area contributed by atoms with E-state index in [-0.39, 0.29) is 5.69 Å². The van der Waals surface area contributed by atoms with Gasteiger partial charge >= 0.3 is 6.03 Å². The van der Waals surface area contributed by atoms with Gasteiger partial charge in [0.2, 0.25) is 0 Å². The fourth-order valence-electron chi connectivity index (χ4n) is 3.74. The van der Waals surface area contributed by atoms with Gasteiger partial charge in [-0.05, 0) is 43.2 Å². The molecule has 0 atom stereocenters. The number of anilines is 1. The van der Waals surface area contributed by atoms with Gasteiger partial charge in [0, 0.05) is 29.7 Å². The van der Waals surface area contributed by atoms with Crippen molar-refractivity contribution in [1.82, 2.24) is 19.9 Å². The first-order valence-electron chi connectivity index (χ1n) is 9.43. The van der Waals surface area contributed by atoms with Crippen LogP contribution in [-0.2, 0) is 6.42 Å². The molecule has 28 heavy (non-hydrogen) atoms. The second-order valence-electron chi connectivity index (χ2n) is 6.94. The van der Waals surface area contributed by atoms with Crippen molar-refractivity contribution in [3.63, 3.8) is 0 Å². The van der Waals surface area contributed by atoms with Gasteiger partial charge in [0.25, 0.3) is 0 Å². The molecule has 4 rings (SSSR count). The monoisotopic (exact) mass is 445 g/mol. The van der Waals surface area contributed by atoms with Crippen LogP contribution >= 0.6 is 15.9 Å². The maximum atomic E-state index is 13.8. The van der Waals surface area contributed by atoms with E-state index in [1.165, 1.54) is 25.0 Å². The van der Waals surface area contributed by atoms with E-state index in [1.54, 1.807) is 12.3 Å². The molecule has 146 valence electrons. The Labute approximate surface area is 170 Å².